The van der Waals surface area contributed by atoms with Gasteiger partial charge in [0.1, 0.15) is 11.9 Å². The molecule has 82 valence electrons. The Kier molecular flexibility index (Phi) is 4.53. The van der Waals surface area contributed by atoms with E-state index in [9.17, 15) is 4.79 Å². The van der Waals surface area contributed by atoms with Crippen molar-refractivity contribution in [1.29, 1.82) is 0 Å². The number of amides is 1. The van der Waals surface area contributed by atoms with Gasteiger partial charge in [-0.2, -0.15) is 5.10 Å². The molecule has 2 N–H and O–H groups in total. The number of nitrogens with one attached hydrogen (secondary N) is 2. The maximum absolute atomic E-state index is 11.5. The molecule has 0 saturated heterocycles. The van der Waals surface area contributed by atoms with Crippen molar-refractivity contribution >= 4 is 11.7 Å². The highest BCUT2D eigenvalue weighted by Crippen LogP contribution is 2.00. The highest BCUT2D eigenvalue weighted by atomic mass is 16.2. The average molecular weight is 208 g/mol. The van der Waals surface area contributed by atoms with E-state index in [2.05, 4.69) is 20.8 Å². The Bertz CT molecular complexity index is 302. The monoisotopic (exact) mass is 208 g/mol. The second kappa shape index (κ2) is 5.95. The molecule has 0 spiro atoms. The van der Waals surface area contributed by atoms with Crippen LogP contribution in [0.4, 0.5) is 5.82 Å². The first-order chi connectivity index (χ1) is 7.24. The van der Waals surface area contributed by atoms with Crippen LogP contribution in [0.1, 0.15) is 20.3 Å². The fourth-order valence-corrected chi connectivity index (χ4v) is 1.07. The maximum Gasteiger partial charge on any atom is 0.242 e. The van der Waals surface area contributed by atoms with Gasteiger partial charge in [0.25, 0.3) is 0 Å². The maximum atomic E-state index is 11.5. The highest BCUT2D eigenvalue weighted by Gasteiger charge is 2.11. The minimum atomic E-state index is -0.298. The lowest BCUT2D eigenvalue weighted by Crippen LogP contribution is -2.38. The molecule has 0 saturated carbocycles. The molecule has 1 rings (SSSR count). The number of nitrogens with zero attached hydrogens (tertiary/aromatic N) is 2. The predicted molar refractivity (Wildman–Crippen MR) is 58.4 cm³/mol. The number of carbonyl (C=O) groups is 1. The van der Waals surface area contributed by atoms with E-state index in [1.54, 1.807) is 25.3 Å². The van der Waals surface area contributed by atoms with Crippen LogP contribution in [0, 0.1) is 0 Å². The fourth-order valence-electron chi connectivity index (χ4n) is 1.07. The van der Waals surface area contributed by atoms with E-state index in [4.69, 9.17) is 0 Å². The molecule has 1 heterocycles. The smallest absolute Gasteiger partial charge is 0.242 e. The van der Waals surface area contributed by atoms with Crippen LogP contribution in [0.5, 0.6) is 0 Å². The molecule has 0 bridgehead atoms. The van der Waals surface area contributed by atoms with Crippen LogP contribution in [0.25, 0.3) is 0 Å². The topological polar surface area (TPSA) is 66.9 Å². The third-order valence-electron chi connectivity index (χ3n) is 1.88. The van der Waals surface area contributed by atoms with Crippen LogP contribution in [-0.4, -0.2) is 28.7 Å². The van der Waals surface area contributed by atoms with Crippen molar-refractivity contribution in [2.45, 2.75) is 26.3 Å². The largest absolute Gasteiger partial charge is 0.357 e. The number of anilines is 1. The molecule has 1 aromatic heterocycles. The second-order valence-corrected chi connectivity index (χ2v) is 3.27. The lowest BCUT2D eigenvalue weighted by molar-refractivity contribution is -0.121. The van der Waals surface area contributed by atoms with E-state index in [0.29, 0.717) is 12.4 Å². The first kappa shape index (κ1) is 11.4. The summed E-state index contributed by atoms with van der Waals surface area (Å²) in [6, 6.07) is 3.25. The van der Waals surface area contributed by atoms with Crippen LogP contribution in [0.3, 0.4) is 0 Å². The molecule has 0 aliphatic heterocycles. The fraction of sp³-hybridized carbons (Fsp3) is 0.500. The minimum absolute atomic E-state index is 0.0255. The summed E-state index contributed by atoms with van der Waals surface area (Å²) in [6.45, 7) is 4.51. The summed E-state index contributed by atoms with van der Waals surface area (Å²) in [5, 5.41) is 13.3. The molecule has 0 radical (unpaired) electrons. The minimum Gasteiger partial charge on any atom is -0.357 e. The molecule has 1 unspecified atom stereocenters. The third kappa shape index (κ3) is 3.93. The van der Waals surface area contributed by atoms with Crippen molar-refractivity contribution in [3.8, 4) is 0 Å². The zero-order valence-corrected chi connectivity index (χ0v) is 9.03. The van der Waals surface area contributed by atoms with Gasteiger partial charge < -0.3 is 10.6 Å². The molecule has 1 aromatic rings. The lowest BCUT2D eigenvalue weighted by Gasteiger charge is -2.13. The van der Waals surface area contributed by atoms with E-state index < -0.39 is 0 Å². The average Bonchev–Trinajstić information content (AvgIpc) is 2.27. The molecule has 1 atom stereocenters. The molecule has 0 aromatic carbocycles. The molecular formula is C10H16N4O. The quantitative estimate of drug-likeness (QED) is 0.751. The predicted octanol–water partition coefficient (Wildman–Crippen LogP) is 0.803. The Hall–Kier alpha value is -1.65. The number of carbonyl (C=O) groups excluding carboxylic acids is 1. The Morgan fingerprint density at radius 2 is 2.40 bits per heavy atom. The summed E-state index contributed by atoms with van der Waals surface area (Å²) in [6.07, 6.45) is 2.52. The van der Waals surface area contributed by atoms with Crippen molar-refractivity contribution in [2.24, 2.45) is 0 Å². The van der Waals surface area contributed by atoms with Crippen molar-refractivity contribution in [1.82, 2.24) is 15.5 Å². The van der Waals surface area contributed by atoms with Crippen LogP contribution in [0.15, 0.2) is 18.3 Å². The number of hydrogen-bond acceptors (Lipinski definition) is 4. The summed E-state index contributed by atoms with van der Waals surface area (Å²) in [4.78, 5) is 11.5. The Balaban J connectivity index is 2.41. The SMILES string of the molecule is CCCNC(=O)C(C)Nc1cccnn1. The van der Waals surface area contributed by atoms with Gasteiger partial charge in [-0.3, -0.25) is 4.79 Å². The second-order valence-electron chi connectivity index (χ2n) is 3.27. The molecule has 5 heteroatoms. The lowest BCUT2D eigenvalue weighted by atomic mass is 10.3. The summed E-state index contributed by atoms with van der Waals surface area (Å²) < 4.78 is 0. The highest BCUT2D eigenvalue weighted by molar-refractivity contribution is 5.83. The van der Waals surface area contributed by atoms with Gasteiger partial charge in [-0.25, -0.2) is 0 Å². The molecule has 15 heavy (non-hydrogen) atoms. The van der Waals surface area contributed by atoms with Gasteiger partial charge in [-0.1, -0.05) is 6.92 Å². The van der Waals surface area contributed by atoms with E-state index in [0.717, 1.165) is 6.42 Å². The van der Waals surface area contributed by atoms with Crippen molar-refractivity contribution < 1.29 is 4.79 Å². The van der Waals surface area contributed by atoms with Crippen LogP contribution < -0.4 is 10.6 Å². The van der Waals surface area contributed by atoms with Gasteiger partial charge in [0, 0.05) is 12.7 Å². The molecule has 0 aliphatic rings. The standard InChI is InChI=1S/C10H16N4O/c1-3-6-11-10(15)8(2)13-9-5-4-7-12-14-9/h4-5,7-8H,3,6H2,1-2H3,(H,11,15)(H,13,14). The number of hydrogen-bond donors (Lipinski definition) is 2. The van der Waals surface area contributed by atoms with E-state index in [1.165, 1.54) is 0 Å². The van der Waals surface area contributed by atoms with E-state index >= 15 is 0 Å². The Morgan fingerprint density at radius 1 is 1.60 bits per heavy atom. The van der Waals surface area contributed by atoms with Crippen molar-refractivity contribution in [2.75, 3.05) is 11.9 Å². The Morgan fingerprint density at radius 3 is 3.00 bits per heavy atom. The van der Waals surface area contributed by atoms with Gasteiger partial charge in [-0.15, -0.1) is 5.10 Å². The van der Waals surface area contributed by atoms with Gasteiger partial charge in [0.05, 0.1) is 0 Å². The normalized spacial score (nSPS) is 11.9. The molecule has 5 nitrogen and oxygen atoms in total. The molecule has 0 fully saturated rings. The van der Waals surface area contributed by atoms with Crippen LogP contribution >= 0.6 is 0 Å². The van der Waals surface area contributed by atoms with E-state index in [-0.39, 0.29) is 11.9 Å². The van der Waals surface area contributed by atoms with Crippen LogP contribution in [0.2, 0.25) is 0 Å². The van der Waals surface area contributed by atoms with Crippen molar-refractivity contribution in [3.05, 3.63) is 18.3 Å². The zero-order valence-electron chi connectivity index (χ0n) is 9.03. The summed E-state index contributed by atoms with van der Waals surface area (Å²) in [5.41, 5.74) is 0. The molecule has 0 aliphatic carbocycles. The van der Waals surface area contributed by atoms with Gasteiger partial charge in [0.15, 0.2) is 0 Å². The van der Waals surface area contributed by atoms with Gasteiger partial charge in [-0.05, 0) is 25.5 Å². The zero-order chi connectivity index (χ0) is 11.1. The summed E-state index contributed by atoms with van der Waals surface area (Å²) in [7, 11) is 0. The Labute approximate surface area is 89.3 Å². The first-order valence-electron chi connectivity index (χ1n) is 5.06. The van der Waals surface area contributed by atoms with Gasteiger partial charge >= 0.3 is 0 Å². The van der Waals surface area contributed by atoms with Crippen LogP contribution in [-0.2, 0) is 4.79 Å². The third-order valence-corrected chi connectivity index (χ3v) is 1.88. The van der Waals surface area contributed by atoms with E-state index in [1.807, 2.05) is 6.92 Å². The summed E-state index contributed by atoms with van der Waals surface area (Å²) in [5.74, 6) is 0.583. The number of aromatic nitrogens is 2. The first-order valence-corrected chi connectivity index (χ1v) is 5.06. The molecule has 1 amide bonds. The molecular weight excluding hydrogens is 192 g/mol. The van der Waals surface area contributed by atoms with Gasteiger partial charge in [0.2, 0.25) is 5.91 Å². The number of rotatable bonds is 5. The van der Waals surface area contributed by atoms with Crippen molar-refractivity contribution in [3.63, 3.8) is 0 Å². The summed E-state index contributed by atoms with van der Waals surface area (Å²) >= 11 is 0.